The second-order valence-corrected chi connectivity index (χ2v) is 5.55. The second-order valence-electron chi connectivity index (χ2n) is 1.72. The first-order chi connectivity index (χ1) is 5.75. The van der Waals surface area contributed by atoms with E-state index in [4.69, 9.17) is 28.8 Å². The summed E-state index contributed by atoms with van der Waals surface area (Å²) in [6.45, 7) is -3.90. The largest absolute Gasteiger partial charge is 0.369 e. The van der Waals surface area contributed by atoms with Crippen LogP contribution in [0.1, 0.15) is 11.0 Å². The third-order valence-corrected chi connectivity index (χ3v) is 4.00. The van der Waals surface area contributed by atoms with Crippen LogP contribution in [0.25, 0.3) is 0 Å². The minimum absolute atomic E-state index is 0. The summed E-state index contributed by atoms with van der Waals surface area (Å²) in [6.07, 6.45) is 0. The predicted molar refractivity (Wildman–Crippen MR) is 46.2 cm³/mol. The van der Waals surface area contributed by atoms with E-state index in [0.29, 0.717) is 0 Å². The van der Waals surface area contributed by atoms with E-state index in [9.17, 15) is 9.13 Å². The van der Waals surface area contributed by atoms with Gasteiger partial charge in [-0.1, -0.05) is 0 Å². The fraction of sp³-hybridized carbons (Fsp3) is 1.00. The van der Waals surface area contributed by atoms with E-state index in [-0.39, 0.29) is 59.1 Å². The van der Waals surface area contributed by atoms with Crippen LogP contribution in [0.2, 0.25) is 0 Å². The monoisotopic (exact) mass is 255 g/mol. The van der Waals surface area contributed by atoms with E-state index >= 15 is 0 Å². The summed E-state index contributed by atoms with van der Waals surface area (Å²) in [6, 6.07) is 0. The van der Waals surface area contributed by atoms with Crippen LogP contribution in [-0.4, -0.2) is 88.9 Å². The molecule has 0 aliphatic heterocycles. The van der Waals surface area contributed by atoms with E-state index in [1.165, 1.54) is 0 Å². The Morgan fingerprint density at radius 3 is 1.31 bits per heavy atom. The van der Waals surface area contributed by atoms with Crippen LogP contribution in [0.5, 0.6) is 0 Å². The molecule has 0 spiro atoms. The maximum absolute atomic E-state index is 10.5. The van der Waals surface area contributed by atoms with Crippen molar-refractivity contribution < 1.29 is 37.9 Å². The molecule has 0 saturated carbocycles. The maximum atomic E-state index is 10.5. The van der Waals surface area contributed by atoms with Crippen LogP contribution < -0.4 is 0 Å². The van der Waals surface area contributed by atoms with Gasteiger partial charge in [0.1, 0.15) is 0 Å². The van der Waals surface area contributed by atoms with Crippen molar-refractivity contribution in [1.29, 1.82) is 0 Å². The molecule has 0 heterocycles. The Bertz CT molecular complexity index is 296. The van der Waals surface area contributed by atoms with Crippen molar-refractivity contribution in [3.63, 3.8) is 0 Å². The molecule has 0 aliphatic rings. The first kappa shape index (κ1) is 13.3. The van der Waals surface area contributed by atoms with E-state index in [2.05, 4.69) is 0 Å². The summed E-state index contributed by atoms with van der Waals surface area (Å²) in [5.74, 6) is 0. The number of aliphatic hydroxyl groups is 1. The van der Waals surface area contributed by atoms with Crippen molar-refractivity contribution in [3.05, 3.63) is 0 Å². The van der Waals surface area contributed by atoms with Gasteiger partial charge in [-0.3, -0.25) is 9.13 Å². The molecule has 70 valence electrons. The standard InChI is InChI=1S/C2H8O7P2.2Na/c1-2(3,10(4,5)6)11(7,8)9;;/h3H,1H3,(H2,4,5,6)(H2,7,8,9);;/i1D3;;. The Hall–Kier alpha value is 2.26. The van der Waals surface area contributed by atoms with Gasteiger partial charge in [0.2, 0.25) is 0 Å². The van der Waals surface area contributed by atoms with Crippen LogP contribution in [0.15, 0.2) is 0 Å². The summed E-state index contributed by atoms with van der Waals surface area (Å²) in [5.41, 5.74) is 0. The van der Waals surface area contributed by atoms with Crippen molar-refractivity contribution >= 4 is 74.3 Å². The normalized spacial score (nSPS) is 17.2. The molecule has 5 N–H and O–H groups in total. The molecule has 0 aromatic heterocycles. The molecule has 0 rings (SSSR count). The molecule has 0 aromatic rings. The molecule has 2 radical (unpaired) electrons. The number of hydrogen-bond donors (Lipinski definition) is 5. The molecule has 0 unspecified atom stereocenters. The van der Waals surface area contributed by atoms with E-state index < -0.39 is 27.1 Å². The predicted octanol–water partition coefficient (Wildman–Crippen LogP) is -1.75. The molecule has 0 aliphatic carbocycles. The van der Waals surface area contributed by atoms with Crippen molar-refractivity contribution in [2.75, 3.05) is 0 Å². The van der Waals surface area contributed by atoms with Gasteiger partial charge in [0.05, 0.1) is 0 Å². The molecular weight excluding hydrogens is 244 g/mol. The van der Waals surface area contributed by atoms with Crippen molar-refractivity contribution in [3.8, 4) is 0 Å². The summed E-state index contributed by atoms with van der Waals surface area (Å²) < 4.78 is 40.6. The summed E-state index contributed by atoms with van der Waals surface area (Å²) in [7, 11) is -11.8. The molecule has 0 aromatic carbocycles. The fourth-order valence-corrected chi connectivity index (χ4v) is 1.53. The van der Waals surface area contributed by atoms with Crippen LogP contribution >= 0.6 is 15.2 Å². The average molecular weight is 255 g/mol. The van der Waals surface area contributed by atoms with Gasteiger partial charge in [-0.15, -0.1) is 0 Å². The Morgan fingerprint density at radius 1 is 1.08 bits per heavy atom. The minimum Gasteiger partial charge on any atom is -0.368 e. The van der Waals surface area contributed by atoms with Gasteiger partial charge >= 0.3 is 15.2 Å². The Morgan fingerprint density at radius 2 is 1.31 bits per heavy atom. The first-order valence-electron chi connectivity index (χ1n) is 3.59. The van der Waals surface area contributed by atoms with Crippen LogP contribution in [0.3, 0.4) is 0 Å². The van der Waals surface area contributed by atoms with Gasteiger partial charge in [0.25, 0.3) is 5.08 Å². The van der Waals surface area contributed by atoms with Crippen molar-refractivity contribution in [2.24, 2.45) is 0 Å². The van der Waals surface area contributed by atoms with Crippen LogP contribution in [-0.2, 0) is 9.13 Å². The molecule has 11 heteroatoms. The average Bonchev–Trinajstić information content (AvgIpc) is 1.77. The Kier molecular flexibility index (Phi) is 6.26. The van der Waals surface area contributed by atoms with Gasteiger partial charge in [-0.05, 0) is 6.85 Å². The zero-order valence-electron chi connectivity index (χ0n) is 9.95. The maximum Gasteiger partial charge on any atom is 0.369 e. The zero-order valence-corrected chi connectivity index (χ0v) is 12.7. The molecule has 0 amide bonds. The zero-order chi connectivity index (χ0) is 12.0. The van der Waals surface area contributed by atoms with E-state index in [1.807, 2.05) is 0 Å². The van der Waals surface area contributed by atoms with Gasteiger partial charge in [-0.25, -0.2) is 0 Å². The van der Waals surface area contributed by atoms with Crippen LogP contribution in [0.4, 0.5) is 0 Å². The van der Waals surface area contributed by atoms with E-state index in [1.54, 1.807) is 0 Å². The summed E-state index contributed by atoms with van der Waals surface area (Å²) in [5, 5.41) is 4.58. The van der Waals surface area contributed by atoms with Gasteiger partial charge < -0.3 is 24.7 Å². The molecule has 13 heavy (non-hydrogen) atoms. The quantitative estimate of drug-likeness (QED) is 0.291. The van der Waals surface area contributed by atoms with Crippen molar-refractivity contribution in [1.82, 2.24) is 0 Å². The smallest absolute Gasteiger partial charge is 0.368 e. The Balaban J connectivity index is -0.000000845. The topological polar surface area (TPSA) is 135 Å². The summed E-state index contributed by atoms with van der Waals surface area (Å²) in [4.78, 5) is 33.7. The third kappa shape index (κ3) is 5.22. The molecule has 0 bridgehead atoms. The SMILES string of the molecule is [2H]C([2H])([2H])C(O)(P(=O)(O)O)P(=O)(O)O.[Na].[Na]. The van der Waals surface area contributed by atoms with Crippen LogP contribution in [0, 0.1) is 0 Å². The van der Waals surface area contributed by atoms with Crippen molar-refractivity contribution in [2.45, 2.75) is 11.9 Å². The van der Waals surface area contributed by atoms with Gasteiger partial charge in [0, 0.05) is 63.2 Å². The molecule has 7 nitrogen and oxygen atoms in total. The molecule has 0 fully saturated rings. The third-order valence-electron chi connectivity index (χ3n) is 0.812. The molecule has 0 saturated heterocycles. The first-order valence-corrected chi connectivity index (χ1v) is 5.31. The summed E-state index contributed by atoms with van der Waals surface area (Å²) >= 11 is 0. The van der Waals surface area contributed by atoms with E-state index in [0.717, 1.165) is 0 Å². The van der Waals surface area contributed by atoms with Gasteiger partial charge in [0.15, 0.2) is 0 Å². The second kappa shape index (κ2) is 6.11. The Labute approximate surface area is 123 Å². The molecule has 0 atom stereocenters. The minimum atomic E-state index is -5.90. The number of hydrogen-bond acceptors (Lipinski definition) is 3. The number of rotatable bonds is 2. The van der Waals surface area contributed by atoms with Gasteiger partial charge in [-0.2, -0.15) is 0 Å². The molecular formula is C2H8Na2O7P2. The fourth-order valence-electron chi connectivity index (χ4n) is 0.170.